The largest absolute Gasteiger partial charge is 0.334 e. The molecule has 1 aromatic carbocycles. The van der Waals surface area contributed by atoms with E-state index in [0.29, 0.717) is 17.1 Å². The van der Waals surface area contributed by atoms with E-state index in [1.807, 2.05) is 13.8 Å². The van der Waals surface area contributed by atoms with Crippen molar-refractivity contribution < 1.29 is 19.2 Å². The molecule has 0 bridgehead atoms. The second kappa shape index (κ2) is 7.68. The number of nitrogens with zero attached hydrogens (tertiary/aromatic N) is 2. The van der Waals surface area contributed by atoms with Crippen LogP contribution in [0.4, 0.5) is 10.5 Å². The summed E-state index contributed by atoms with van der Waals surface area (Å²) in [5.41, 5.74) is 1.32. The molecule has 0 unspecified atom stereocenters. The molecule has 27 heavy (non-hydrogen) atoms. The zero-order chi connectivity index (χ0) is 19.7. The predicted molar refractivity (Wildman–Crippen MR) is 100 cm³/mol. The van der Waals surface area contributed by atoms with E-state index in [4.69, 9.17) is 11.6 Å². The lowest BCUT2D eigenvalue weighted by Crippen LogP contribution is -2.46. The second-order valence-corrected chi connectivity index (χ2v) is 7.60. The lowest BCUT2D eigenvalue weighted by molar-refractivity contribution is -0.145. The molecule has 1 saturated carbocycles. The molecule has 2 aliphatic rings. The van der Waals surface area contributed by atoms with E-state index in [9.17, 15) is 19.2 Å². The van der Waals surface area contributed by atoms with Crippen LogP contribution in [0.25, 0.3) is 0 Å². The standard InChI is InChI=1S/C19H22ClN3O4/c1-11-7-8-13(9-14(11)20)21-16(24)10-22-17(25)18(26)23(19(22)27)15-6-4-3-5-12(15)2/h7-9,12,15H,3-6,10H2,1-2H3,(H,21,24)/t12-,15-/m0/s1. The van der Waals surface area contributed by atoms with Gasteiger partial charge in [0, 0.05) is 16.8 Å². The zero-order valence-electron chi connectivity index (χ0n) is 15.3. The molecule has 144 valence electrons. The van der Waals surface area contributed by atoms with Gasteiger partial charge in [-0.25, -0.2) is 9.69 Å². The highest BCUT2D eigenvalue weighted by Crippen LogP contribution is 2.31. The number of carbonyl (C=O) groups excluding carboxylic acids is 4. The molecule has 2 atom stereocenters. The number of hydrogen-bond acceptors (Lipinski definition) is 4. The normalized spacial score (nSPS) is 23.1. The van der Waals surface area contributed by atoms with Crippen molar-refractivity contribution in [2.24, 2.45) is 5.92 Å². The number of imide groups is 2. The number of anilines is 1. The third-order valence-corrected chi connectivity index (χ3v) is 5.65. The molecule has 2 fully saturated rings. The number of amides is 5. The van der Waals surface area contributed by atoms with Crippen LogP contribution in [-0.4, -0.2) is 46.1 Å². The van der Waals surface area contributed by atoms with Crippen LogP contribution in [-0.2, 0) is 14.4 Å². The Balaban J connectivity index is 1.70. The molecule has 1 heterocycles. The van der Waals surface area contributed by atoms with Gasteiger partial charge in [0.25, 0.3) is 0 Å². The molecule has 0 spiro atoms. The monoisotopic (exact) mass is 391 g/mol. The van der Waals surface area contributed by atoms with Crippen molar-refractivity contribution in [1.29, 1.82) is 0 Å². The quantitative estimate of drug-likeness (QED) is 0.631. The molecule has 5 amide bonds. The maximum Gasteiger partial charge on any atom is 0.334 e. The zero-order valence-corrected chi connectivity index (χ0v) is 16.1. The van der Waals surface area contributed by atoms with Gasteiger partial charge in [-0.2, -0.15) is 0 Å². The Hall–Kier alpha value is -2.41. The fourth-order valence-corrected chi connectivity index (χ4v) is 3.83. The van der Waals surface area contributed by atoms with Crippen LogP contribution in [0.2, 0.25) is 5.02 Å². The number of rotatable bonds is 4. The van der Waals surface area contributed by atoms with Crippen LogP contribution >= 0.6 is 11.6 Å². The van der Waals surface area contributed by atoms with Crippen LogP contribution in [0, 0.1) is 12.8 Å². The Morgan fingerprint density at radius 3 is 2.56 bits per heavy atom. The molecule has 8 heteroatoms. The van der Waals surface area contributed by atoms with Crippen LogP contribution in [0.5, 0.6) is 0 Å². The maximum absolute atomic E-state index is 12.7. The summed E-state index contributed by atoms with van der Waals surface area (Å²) in [5.74, 6) is -2.22. The first kappa shape index (κ1) is 19.4. The molecule has 3 rings (SSSR count). The summed E-state index contributed by atoms with van der Waals surface area (Å²) in [5, 5.41) is 3.09. The predicted octanol–water partition coefficient (Wildman–Crippen LogP) is 2.96. The van der Waals surface area contributed by atoms with Gasteiger partial charge in [0.1, 0.15) is 6.54 Å². The third kappa shape index (κ3) is 3.83. The van der Waals surface area contributed by atoms with Crippen LogP contribution in [0.15, 0.2) is 18.2 Å². The summed E-state index contributed by atoms with van der Waals surface area (Å²) >= 11 is 6.03. The number of halogens is 1. The van der Waals surface area contributed by atoms with E-state index < -0.39 is 30.3 Å². The highest BCUT2D eigenvalue weighted by atomic mass is 35.5. The molecule has 7 nitrogen and oxygen atoms in total. The highest BCUT2D eigenvalue weighted by Gasteiger charge is 2.49. The van der Waals surface area contributed by atoms with Gasteiger partial charge in [-0.3, -0.25) is 19.3 Å². The summed E-state index contributed by atoms with van der Waals surface area (Å²) in [7, 11) is 0. The van der Waals surface area contributed by atoms with Gasteiger partial charge < -0.3 is 5.32 Å². The smallest absolute Gasteiger partial charge is 0.324 e. The maximum atomic E-state index is 12.7. The molecule has 0 aromatic heterocycles. The van der Waals surface area contributed by atoms with E-state index in [-0.39, 0.29) is 12.0 Å². The highest BCUT2D eigenvalue weighted by molar-refractivity contribution is 6.45. The topological polar surface area (TPSA) is 86.8 Å². The van der Waals surface area contributed by atoms with Crippen molar-refractivity contribution in [2.45, 2.75) is 45.6 Å². The fourth-order valence-electron chi connectivity index (χ4n) is 3.65. The number of nitrogens with one attached hydrogen (secondary N) is 1. The Bertz CT molecular complexity index is 810. The van der Waals surface area contributed by atoms with Crippen LogP contribution < -0.4 is 5.32 Å². The lowest BCUT2D eigenvalue weighted by atomic mass is 9.85. The minimum atomic E-state index is -0.949. The summed E-state index contributed by atoms with van der Waals surface area (Å²) in [6, 6.07) is 4.02. The Morgan fingerprint density at radius 2 is 1.89 bits per heavy atom. The molecular weight excluding hydrogens is 370 g/mol. The minimum absolute atomic E-state index is 0.142. The average molecular weight is 392 g/mol. The molecule has 1 aromatic rings. The summed E-state index contributed by atoms with van der Waals surface area (Å²) in [6.45, 7) is 3.31. The Labute approximate surface area is 162 Å². The van der Waals surface area contributed by atoms with Crippen LogP contribution in [0.1, 0.15) is 38.2 Å². The van der Waals surface area contributed by atoms with Crippen molar-refractivity contribution in [3.8, 4) is 0 Å². The SMILES string of the molecule is Cc1ccc(NC(=O)CN2C(=O)C(=O)N([C@H]3CCCC[C@@H]3C)C2=O)cc1Cl. The van der Waals surface area contributed by atoms with Crippen molar-refractivity contribution in [3.05, 3.63) is 28.8 Å². The number of aryl methyl sites for hydroxylation is 1. The summed E-state index contributed by atoms with van der Waals surface area (Å²) < 4.78 is 0. The van der Waals surface area contributed by atoms with E-state index in [1.54, 1.807) is 18.2 Å². The second-order valence-electron chi connectivity index (χ2n) is 7.19. The molecule has 1 N–H and O–H groups in total. The average Bonchev–Trinajstić information content (AvgIpc) is 2.82. The third-order valence-electron chi connectivity index (χ3n) is 5.24. The minimum Gasteiger partial charge on any atom is -0.324 e. The Kier molecular flexibility index (Phi) is 5.51. The van der Waals surface area contributed by atoms with Gasteiger partial charge in [-0.1, -0.05) is 37.4 Å². The first-order valence-electron chi connectivity index (χ1n) is 9.04. The lowest BCUT2D eigenvalue weighted by Gasteiger charge is -2.34. The van der Waals surface area contributed by atoms with Crippen molar-refractivity contribution in [3.63, 3.8) is 0 Å². The van der Waals surface area contributed by atoms with Gasteiger partial charge in [0.2, 0.25) is 5.91 Å². The van der Waals surface area contributed by atoms with Gasteiger partial charge in [0.15, 0.2) is 0 Å². The Morgan fingerprint density at radius 1 is 1.19 bits per heavy atom. The van der Waals surface area contributed by atoms with Crippen LogP contribution in [0.3, 0.4) is 0 Å². The number of carbonyl (C=O) groups is 4. The van der Waals surface area contributed by atoms with Crippen molar-refractivity contribution in [1.82, 2.24) is 9.80 Å². The van der Waals surface area contributed by atoms with Gasteiger partial charge in [-0.05, 0) is 43.4 Å². The number of urea groups is 1. The van der Waals surface area contributed by atoms with Crippen molar-refractivity contribution in [2.75, 3.05) is 11.9 Å². The summed E-state index contributed by atoms with van der Waals surface area (Å²) in [4.78, 5) is 51.3. The van der Waals surface area contributed by atoms with Gasteiger partial charge in [0.05, 0.1) is 0 Å². The van der Waals surface area contributed by atoms with Gasteiger partial charge >= 0.3 is 17.8 Å². The number of benzene rings is 1. The van der Waals surface area contributed by atoms with E-state index in [0.717, 1.165) is 34.6 Å². The van der Waals surface area contributed by atoms with E-state index in [1.165, 1.54) is 0 Å². The van der Waals surface area contributed by atoms with E-state index in [2.05, 4.69) is 5.32 Å². The van der Waals surface area contributed by atoms with E-state index >= 15 is 0 Å². The summed E-state index contributed by atoms with van der Waals surface area (Å²) in [6.07, 6.45) is 3.56. The molecule has 0 radical (unpaired) electrons. The van der Waals surface area contributed by atoms with Gasteiger partial charge in [-0.15, -0.1) is 0 Å². The first-order chi connectivity index (χ1) is 12.8. The molecule has 1 aliphatic heterocycles. The number of hydrogen-bond donors (Lipinski definition) is 1. The fraction of sp³-hybridized carbons (Fsp3) is 0.474. The first-order valence-corrected chi connectivity index (χ1v) is 9.42. The molecule has 1 saturated heterocycles. The molecular formula is C19H22ClN3O4. The molecule has 1 aliphatic carbocycles. The van der Waals surface area contributed by atoms with Crippen molar-refractivity contribution >= 4 is 41.0 Å².